The number of hydrogen-bond acceptors (Lipinski definition) is 14. The van der Waals surface area contributed by atoms with Gasteiger partial charge in [-0.1, -0.05) is 69.2 Å². The quantitative estimate of drug-likeness (QED) is 0.0753. The second-order valence-corrected chi connectivity index (χ2v) is 12.6. The summed E-state index contributed by atoms with van der Waals surface area (Å²) in [7, 11) is 0. The predicted octanol–water partition coefficient (Wildman–Crippen LogP) is -0.592. The molecule has 16 atom stereocenters. The van der Waals surface area contributed by atoms with E-state index < -0.39 is 73.8 Å². The Morgan fingerprint density at radius 3 is 0.667 bits per heavy atom. The summed E-state index contributed by atoms with van der Waals surface area (Å²) in [6.45, 7) is 17.7. The number of rotatable bonds is 20. The Kier molecular flexibility index (Phi) is 35.2. The third-order valence-corrected chi connectivity index (χ3v) is 8.97. The zero-order chi connectivity index (χ0) is 38.9. The van der Waals surface area contributed by atoms with E-state index in [1.54, 1.807) is 34.6 Å². The first kappa shape index (κ1) is 54.2. The van der Waals surface area contributed by atoms with Crippen molar-refractivity contribution in [2.24, 2.45) is 17.8 Å². The molecule has 0 bridgehead atoms. The maximum absolute atomic E-state index is 9.53. The first-order valence-electron chi connectivity index (χ1n) is 17.6. The van der Waals surface area contributed by atoms with Gasteiger partial charge in [-0.25, -0.2) is 0 Å². The number of hydrogen-bond donors (Lipinski definition) is 14. The van der Waals surface area contributed by atoms with E-state index in [1.165, 1.54) is 0 Å². The van der Waals surface area contributed by atoms with E-state index in [0.717, 1.165) is 12.8 Å². The highest BCUT2D eigenvalue weighted by atomic mass is 16.4. The van der Waals surface area contributed by atoms with Gasteiger partial charge >= 0.3 is 0 Å². The van der Waals surface area contributed by atoms with Gasteiger partial charge in [-0.15, -0.1) is 0 Å². The molecule has 0 aromatic rings. The molecule has 0 aliphatic heterocycles. The molecule has 48 heavy (non-hydrogen) atoms. The van der Waals surface area contributed by atoms with Crippen molar-refractivity contribution in [3.05, 3.63) is 0 Å². The largest absolute Gasteiger partial charge is 0.394 e. The SMILES string of the molecule is CCC(O)C(C)C(C)C(O)CC.CCC(O)C(C)C(O)C(O)CC.CCC(O)C(O)C(O)C(O)CC.CCC(O)C(O)C(O)C(O)CO. The molecule has 0 saturated carbocycles. The summed E-state index contributed by atoms with van der Waals surface area (Å²) in [6.07, 6.45) is -8.86. The molecule has 0 spiro atoms. The molecule has 0 heterocycles. The van der Waals surface area contributed by atoms with Crippen molar-refractivity contribution in [2.45, 2.75) is 194 Å². The average Bonchev–Trinajstić information content (AvgIpc) is 3.12. The predicted molar refractivity (Wildman–Crippen MR) is 185 cm³/mol. The molecule has 14 N–H and O–H groups in total. The molecular weight excluding hydrogens is 632 g/mol. The van der Waals surface area contributed by atoms with Gasteiger partial charge in [-0.05, 0) is 56.8 Å². The topological polar surface area (TPSA) is 283 Å². The molecule has 0 radical (unpaired) electrons. The summed E-state index contributed by atoms with van der Waals surface area (Å²) in [5.74, 6) is 0.111. The highest BCUT2D eigenvalue weighted by molar-refractivity contribution is 4.80. The minimum atomic E-state index is -1.51. The van der Waals surface area contributed by atoms with Crippen LogP contribution in [0.15, 0.2) is 0 Å². The Bertz CT molecular complexity index is 524. The van der Waals surface area contributed by atoms with Gasteiger partial charge in [0.05, 0.1) is 55.4 Å². The first-order valence-corrected chi connectivity index (χ1v) is 17.6. The summed E-state index contributed by atoms with van der Waals surface area (Å²) >= 11 is 0. The van der Waals surface area contributed by atoms with Crippen LogP contribution in [0.4, 0.5) is 0 Å². The third kappa shape index (κ3) is 22.3. The second-order valence-electron chi connectivity index (χ2n) is 12.6. The van der Waals surface area contributed by atoms with Crippen molar-refractivity contribution in [3.8, 4) is 0 Å². The van der Waals surface area contributed by atoms with Crippen molar-refractivity contribution in [1.29, 1.82) is 0 Å². The molecule has 0 rings (SSSR count). The zero-order valence-electron chi connectivity index (χ0n) is 31.2. The maximum atomic E-state index is 9.53. The lowest BCUT2D eigenvalue weighted by molar-refractivity contribution is -0.115. The normalized spacial score (nSPS) is 21.5. The van der Waals surface area contributed by atoms with Crippen LogP contribution in [0.3, 0.4) is 0 Å². The van der Waals surface area contributed by atoms with Gasteiger partial charge in [0, 0.05) is 5.92 Å². The van der Waals surface area contributed by atoms with E-state index in [-0.39, 0.29) is 36.4 Å². The van der Waals surface area contributed by atoms with Crippen LogP contribution in [0.2, 0.25) is 0 Å². The maximum Gasteiger partial charge on any atom is 0.110 e. The van der Waals surface area contributed by atoms with Crippen LogP contribution in [0, 0.1) is 17.8 Å². The smallest absolute Gasteiger partial charge is 0.110 e. The number of aliphatic hydroxyl groups is 14. The molecule has 296 valence electrons. The minimum Gasteiger partial charge on any atom is -0.394 e. The lowest BCUT2D eigenvalue weighted by Gasteiger charge is -2.27. The van der Waals surface area contributed by atoms with Gasteiger partial charge in [-0.2, -0.15) is 0 Å². The van der Waals surface area contributed by atoms with Crippen molar-refractivity contribution >= 4 is 0 Å². The molecule has 14 nitrogen and oxygen atoms in total. The lowest BCUT2D eigenvalue weighted by Crippen LogP contribution is -2.45. The molecule has 0 saturated heterocycles. The zero-order valence-corrected chi connectivity index (χ0v) is 31.2. The van der Waals surface area contributed by atoms with Crippen molar-refractivity contribution < 1.29 is 71.5 Å². The van der Waals surface area contributed by atoms with E-state index in [9.17, 15) is 35.7 Å². The average molecular weight is 709 g/mol. The molecule has 0 amide bonds. The fourth-order valence-corrected chi connectivity index (χ4v) is 4.38. The molecular formula is C34H76O14. The number of aliphatic hydroxyl groups excluding tert-OH is 14. The Morgan fingerprint density at radius 1 is 0.271 bits per heavy atom. The standard InChI is InChI=1S/C10H22O2.C9H20O3.C8H18O4.C7H16O5/c1-5-9(11)7(3)8(4)10(12)6-2;1-4-7(10)6(3)9(12)8(11)5-2;1-3-5(9)7(11)8(12)6(10)4-2;1-2-4(9)6(11)7(12)5(10)3-8/h7-12H,5-6H2,1-4H3;6-12H,4-5H2,1-3H3;5-12H,3-4H2,1-2H3;4-12H,2-3H2,1H3. The van der Waals surface area contributed by atoms with Gasteiger partial charge < -0.3 is 71.5 Å². The van der Waals surface area contributed by atoms with Crippen LogP contribution in [-0.4, -0.2) is 157 Å². The molecule has 16 unspecified atom stereocenters. The van der Waals surface area contributed by atoms with Crippen LogP contribution in [0.5, 0.6) is 0 Å². The highest BCUT2D eigenvalue weighted by Crippen LogP contribution is 2.22. The lowest BCUT2D eigenvalue weighted by atomic mass is 9.85. The van der Waals surface area contributed by atoms with E-state index in [1.807, 2.05) is 34.6 Å². The van der Waals surface area contributed by atoms with Gasteiger partial charge in [-0.3, -0.25) is 0 Å². The molecule has 0 fully saturated rings. The summed E-state index contributed by atoms with van der Waals surface area (Å²) in [5, 5.41) is 128. The second kappa shape index (κ2) is 31.2. The Morgan fingerprint density at radius 2 is 0.458 bits per heavy atom. The molecule has 0 aliphatic carbocycles. The van der Waals surface area contributed by atoms with Crippen LogP contribution < -0.4 is 0 Å². The monoisotopic (exact) mass is 709 g/mol. The van der Waals surface area contributed by atoms with Gasteiger partial charge in [0.15, 0.2) is 0 Å². The first-order chi connectivity index (χ1) is 22.2. The van der Waals surface area contributed by atoms with E-state index in [2.05, 4.69) is 0 Å². The fourth-order valence-electron chi connectivity index (χ4n) is 4.38. The van der Waals surface area contributed by atoms with Gasteiger partial charge in [0.1, 0.15) is 30.5 Å². The van der Waals surface area contributed by atoms with E-state index >= 15 is 0 Å². The molecule has 0 aromatic heterocycles. The van der Waals surface area contributed by atoms with E-state index in [4.69, 9.17) is 35.7 Å². The molecule has 14 heteroatoms. The van der Waals surface area contributed by atoms with Crippen molar-refractivity contribution in [1.82, 2.24) is 0 Å². The van der Waals surface area contributed by atoms with Crippen molar-refractivity contribution in [2.75, 3.05) is 6.61 Å². The van der Waals surface area contributed by atoms with E-state index in [0.29, 0.717) is 25.7 Å². The minimum absolute atomic E-state index is 0.185. The van der Waals surface area contributed by atoms with Crippen LogP contribution in [0.1, 0.15) is 114 Å². The Labute approximate surface area is 289 Å². The Hall–Kier alpha value is -0.560. The molecule has 0 aliphatic rings. The summed E-state index contributed by atoms with van der Waals surface area (Å²) in [5.41, 5.74) is 0. The Balaban J connectivity index is -0.000000269. The fraction of sp³-hybridized carbons (Fsp3) is 1.00. The van der Waals surface area contributed by atoms with Gasteiger partial charge in [0.25, 0.3) is 0 Å². The summed E-state index contributed by atoms with van der Waals surface area (Å²) in [6, 6.07) is 0. The van der Waals surface area contributed by atoms with Crippen LogP contribution >= 0.6 is 0 Å². The molecule has 0 aromatic carbocycles. The van der Waals surface area contributed by atoms with Crippen molar-refractivity contribution in [3.63, 3.8) is 0 Å². The van der Waals surface area contributed by atoms with Gasteiger partial charge in [0.2, 0.25) is 0 Å². The van der Waals surface area contributed by atoms with Crippen LogP contribution in [-0.2, 0) is 0 Å². The summed E-state index contributed by atoms with van der Waals surface area (Å²) < 4.78 is 0. The summed E-state index contributed by atoms with van der Waals surface area (Å²) in [4.78, 5) is 0. The third-order valence-electron chi connectivity index (χ3n) is 8.97. The highest BCUT2D eigenvalue weighted by Gasteiger charge is 2.30. The van der Waals surface area contributed by atoms with Crippen LogP contribution in [0.25, 0.3) is 0 Å².